The lowest BCUT2D eigenvalue weighted by Gasteiger charge is -2.06. The van der Waals surface area contributed by atoms with E-state index < -0.39 is 0 Å². The minimum absolute atomic E-state index is 0.735. The van der Waals surface area contributed by atoms with Gasteiger partial charge in [0.1, 0.15) is 5.82 Å². The van der Waals surface area contributed by atoms with Gasteiger partial charge < -0.3 is 5.32 Å². The average Bonchev–Trinajstić information content (AvgIpc) is 2.52. The van der Waals surface area contributed by atoms with Crippen molar-refractivity contribution in [3.63, 3.8) is 0 Å². The molecule has 1 aromatic carbocycles. The summed E-state index contributed by atoms with van der Waals surface area (Å²) in [5.41, 5.74) is 3.03. The van der Waals surface area contributed by atoms with Gasteiger partial charge in [0.15, 0.2) is 5.82 Å². The van der Waals surface area contributed by atoms with E-state index in [1.165, 1.54) is 0 Å². The molecule has 4 nitrogen and oxygen atoms in total. The van der Waals surface area contributed by atoms with E-state index in [1.807, 2.05) is 31.2 Å². The second kappa shape index (κ2) is 5.87. The first-order chi connectivity index (χ1) is 10.3. The maximum absolute atomic E-state index is 4.56. The van der Waals surface area contributed by atoms with Gasteiger partial charge in [-0.25, -0.2) is 9.97 Å². The minimum atomic E-state index is 0.735. The number of aromatic nitrogens is 3. The number of aryl methyl sites for hydroxylation is 1. The van der Waals surface area contributed by atoms with Gasteiger partial charge in [-0.2, -0.15) is 0 Å². The summed E-state index contributed by atoms with van der Waals surface area (Å²) in [5.74, 6) is 1.60. The van der Waals surface area contributed by atoms with Crippen LogP contribution in [0.5, 0.6) is 0 Å². The Morgan fingerprint density at radius 3 is 2.81 bits per heavy atom. The lowest BCUT2D eigenvalue weighted by molar-refractivity contribution is 0.966. The number of anilines is 1. The summed E-state index contributed by atoms with van der Waals surface area (Å²) in [6.07, 6.45) is 2.86. The molecule has 0 unspecified atom stereocenters. The van der Waals surface area contributed by atoms with Crippen molar-refractivity contribution in [2.24, 2.45) is 0 Å². The monoisotopic (exact) mass is 278 g/mol. The molecule has 4 heteroatoms. The van der Waals surface area contributed by atoms with E-state index in [2.05, 4.69) is 39.3 Å². The van der Waals surface area contributed by atoms with E-state index in [9.17, 15) is 0 Å². The Balaban J connectivity index is 1.98. The van der Waals surface area contributed by atoms with Crippen LogP contribution in [0.4, 0.5) is 5.82 Å². The number of pyridine rings is 1. The Morgan fingerprint density at radius 2 is 1.95 bits per heavy atom. The first-order valence-corrected chi connectivity index (χ1v) is 7.21. The lowest BCUT2D eigenvalue weighted by Crippen LogP contribution is -2.03. The molecule has 0 spiro atoms. The fourth-order valence-electron chi connectivity index (χ4n) is 2.22. The van der Waals surface area contributed by atoms with Crippen LogP contribution in [0.1, 0.15) is 19.0 Å². The van der Waals surface area contributed by atoms with Gasteiger partial charge in [0.05, 0.1) is 5.52 Å². The van der Waals surface area contributed by atoms with E-state index in [0.717, 1.165) is 46.8 Å². The zero-order valence-corrected chi connectivity index (χ0v) is 12.3. The van der Waals surface area contributed by atoms with Crippen LogP contribution in [-0.4, -0.2) is 21.5 Å². The Labute approximate surface area is 124 Å². The second-order valence-electron chi connectivity index (χ2n) is 5.05. The van der Waals surface area contributed by atoms with Gasteiger partial charge in [-0.1, -0.05) is 13.0 Å². The maximum atomic E-state index is 4.56. The average molecular weight is 278 g/mol. The Morgan fingerprint density at radius 1 is 1.05 bits per heavy atom. The van der Waals surface area contributed by atoms with Crippen LogP contribution in [0, 0.1) is 6.92 Å². The van der Waals surface area contributed by atoms with Crippen LogP contribution in [-0.2, 0) is 0 Å². The molecule has 106 valence electrons. The fraction of sp³-hybridized carbons (Fsp3) is 0.235. The third-order valence-electron chi connectivity index (χ3n) is 3.30. The molecule has 0 aliphatic carbocycles. The smallest absolute Gasteiger partial charge is 0.161 e. The number of nitrogens with one attached hydrogen (secondary N) is 1. The predicted molar refractivity (Wildman–Crippen MR) is 86.3 cm³/mol. The van der Waals surface area contributed by atoms with Crippen LogP contribution < -0.4 is 5.32 Å². The van der Waals surface area contributed by atoms with E-state index in [0.29, 0.717) is 0 Å². The Kier molecular flexibility index (Phi) is 3.77. The van der Waals surface area contributed by atoms with Crippen molar-refractivity contribution in [3.8, 4) is 11.4 Å². The van der Waals surface area contributed by atoms with Gasteiger partial charge in [-0.05, 0) is 43.7 Å². The molecule has 1 N–H and O–H groups in total. The van der Waals surface area contributed by atoms with Gasteiger partial charge in [0.25, 0.3) is 0 Å². The molecule has 0 saturated carbocycles. The normalized spacial score (nSPS) is 10.8. The predicted octanol–water partition coefficient (Wildman–Crippen LogP) is 3.82. The summed E-state index contributed by atoms with van der Waals surface area (Å²) in [6.45, 7) is 5.05. The first kappa shape index (κ1) is 13.5. The zero-order chi connectivity index (χ0) is 14.7. The lowest BCUT2D eigenvalue weighted by atomic mass is 10.1. The highest BCUT2D eigenvalue weighted by atomic mass is 15.0. The molecule has 0 aliphatic heterocycles. The van der Waals surface area contributed by atoms with Gasteiger partial charge in [-0.3, -0.25) is 4.98 Å². The zero-order valence-electron chi connectivity index (χ0n) is 12.3. The van der Waals surface area contributed by atoms with Gasteiger partial charge in [0.2, 0.25) is 0 Å². The highest BCUT2D eigenvalue weighted by molar-refractivity contribution is 5.83. The minimum Gasteiger partial charge on any atom is -0.370 e. The fourth-order valence-corrected chi connectivity index (χ4v) is 2.22. The van der Waals surface area contributed by atoms with Gasteiger partial charge in [0, 0.05) is 29.4 Å². The summed E-state index contributed by atoms with van der Waals surface area (Å²) in [5, 5.41) is 4.39. The van der Waals surface area contributed by atoms with E-state index in [-0.39, 0.29) is 0 Å². The molecule has 3 rings (SSSR count). The van der Waals surface area contributed by atoms with Crippen LogP contribution >= 0.6 is 0 Å². The number of nitrogens with zero attached hydrogens (tertiary/aromatic N) is 3. The number of benzene rings is 1. The molecule has 2 aromatic heterocycles. The molecule has 0 saturated heterocycles. The molecule has 0 bridgehead atoms. The quantitative estimate of drug-likeness (QED) is 0.788. The second-order valence-corrected chi connectivity index (χ2v) is 5.05. The summed E-state index contributed by atoms with van der Waals surface area (Å²) >= 11 is 0. The third kappa shape index (κ3) is 2.99. The Bertz CT molecular complexity index is 768. The highest BCUT2D eigenvalue weighted by Gasteiger charge is 2.04. The number of fused-ring (bicyclic) bond motifs is 1. The van der Waals surface area contributed by atoms with Gasteiger partial charge in [-0.15, -0.1) is 0 Å². The molecule has 3 aromatic rings. The maximum Gasteiger partial charge on any atom is 0.161 e. The molecule has 21 heavy (non-hydrogen) atoms. The molecular formula is C17H18N4. The number of rotatable bonds is 4. The van der Waals surface area contributed by atoms with Crippen molar-refractivity contribution < 1.29 is 0 Å². The van der Waals surface area contributed by atoms with E-state index >= 15 is 0 Å². The van der Waals surface area contributed by atoms with Crippen molar-refractivity contribution in [2.75, 3.05) is 11.9 Å². The van der Waals surface area contributed by atoms with Crippen molar-refractivity contribution >= 4 is 16.7 Å². The van der Waals surface area contributed by atoms with Crippen LogP contribution in [0.25, 0.3) is 22.3 Å². The Hall–Kier alpha value is -2.49. The summed E-state index contributed by atoms with van der Waals surface area (Å²) in [4.78, 5) is 13.4. The standard InChI is InChI=1S/C17H18N4/c1-3-9-18-16-8-10-19-17(21-16)14-6-7-15-13(11-14)5-4-12(2)20-15/h4-8,10-11H,3,9H2,1-2H3,(H,18,19,21). The summed E-state index contributed by atoms with van der Waals surface area (Å²) in [7, 11) is 0. The van der Waals surface area contributed by atoms with Crippen molar-refractivity contribution in [1.29, 1.82) is 0 Å². The molecule has 0 fully saturated rings. The largest absolute Gasteiger partial charge is 0.370 e. The molecule has 0 amide bonds. The third-order valence-corrected chi connectivity index (χ3v) is 3.30. The van der Waals surface area contributed by atoms with E-state index in [1.54, 1.807) is 6.20 Å². The summed E-state index contributed by atoms with van der Waals surface area (Å²) < 4.78 is 0. The van der Waals surface area contributed by atoms with Crippen LogP contribution in [0.15, 0.2) is 42.6 Å². The summed E-state index contributed by atoms with van der Waals surface area (Å²) in [6, 6.07) is 12.1. The van der Waals surface area contributed by atoms with Crippen molar-refractivity contribution in [3.05, 3.63) is 48.3 Å². The van der Waals surface area contributed by atoms with Gasteiger partial charge >= 0.3 is 0 Å². The molecular weight excluding hydrogens is 260 g/mol. The molecule has 2 heterocycles. The molecule has 0 radical (unpaired) electrons. The number of hydrogen-bond donors (Lipinski definition) is 1. The number of hydrogen-bond acceptors (Lipinski definition) is 4. The SMILES string of the molecule is CCCNc1ccnc(-c2ccc3nc(C)ccc3c2)n1. The van der Waals surface area contributed by atoms with Crippen molar-refractivity contribution in [2.45, 2.75) is 20.3 Å². The van der Waals surface area contributed by atoms with Crippen LogP contribution in [0.2, 0.25) is 0 Å². The van der Waals surface area contributed by atoms with E-state index in [4.69, 9.17) is 0 Å². The molecule has 0 atom stereocenters. The van der Waals surface area contributed by atoms with Crippen LogP contribution in [0.3, 0.4) is 0 Å². The van der Waals surface area contributed by atoms with Crippen molar-refractivity contribution in [1.82, 2.24) is 15.0 Å². The first-order valence-electron chi connectivity index (χ1n) is 7.21. The topological polar surface area (TPSA) is 50.7 Å². The molecule has 0 aliphatic rings. The highest BCUT2D eigenvalue weighted by Crippen LogP contribution is 2.22.